The van der Waals surface area contributed by atoms with E-state index >= 15 is 0 Å². The molecule has 0 spiro atoms. The lowest BCUT2D eigenvalue weighted by molar-refractivity contribution is -0.137. The maximum atomic E-state index is 11.8. The van der Waals surface area contributed by atoms with Crippen LogP contribution >= 0.6 is 11.3 Å². The zero-order valence-corrected chi connectivity index (χ0v) is 11.6. The van der Waals surface area contributed by atoms with Gasteiger partial charge in [-0.3, -0.25) is 9.59 Å². The van der Waals surface area contributed by atoms with Crippen LogP contribution in [0.15, 0.2) is 12.4 Å². The molecule has 9 heteroatoms. The molecule has 0 saturated carbocycles. The summed E-state index contributed by atoms with van der Waals surface area (Å²) in [5, 5.41) is 19.3. The fourth-order valence-electron chi connectivity index (χ4n) is 1.46. The standard InChI is InChI=1S/C11H13N5O3S/c1-2-7-3-12-9(20-7)4-13-11(19)8-5-16(15-14-8)6-10(17)18/h3,5H,2,4,6H2,1H3,(H,13,19)(H,17,18). The van der Waals surface area contributed by atoms with Crippen LogP contribution in [0.5, 0.6) is 0 Å². The van der Waals surface area contributed by atoms with Crippen molar-refractivity contribution in [3.8, 4) is 0 Å². The monoisotopic (exact) mass is 295 g/mol. The second-order valence-corrected chi connectivity index (χ2v) is 5.15. The summed E-state index contributed by atoms with van der Waals surface area (Å²) in [7, 11) is 0. The number of aliphatic carboxylic acids is 1. The molecule has 0 aliphatic carbocycles. The van der Waals surface area contributed by atoms with Crippen molar-refractivity contribution in [2.75, 3.05) is 0 Å². The maximum absolute atomic E-state index is 11.8. The van der Waals surface area contributed by atoms with Crippen LogP contribution in [-0.4, -0.2) is 37.0 Å². The van der Waals surface area contributed by atoms with Gasteiger partial charge in [-0.25, -0.2) is 9.67 Å². The zero-order chi connectivity index (χ0) is 14.5. The third kappa shape index (κ3) is 3.60. The van der Waals surface area contributed by atoms with Crippen molar-refractivity contribution in [1.29, 1.82) is 0 Å². The summed E-state index contributed by atoms with van der Waals surface area (Å²) < 4.78 is 1.09. The topological polar surface area (TPSA) is 110 Å². The molecule has 0 aromatic carbocycles. The Morgan fingerprint density at radius 2 is 2.30 bits per heavy atom. The van der Waals surface area contributed by atoms with Gasteiger partial charge in [0.05, 0.1) is 12.7 Å². The van der Waals surface area contributed by atoms with E-state index < -0.39 is 11.9 Å². The molecule has 8 nitrogen and oxygen atoms in total. The second-order valence-electron chi connectivity index (χ2n) is 3.95. The number of hydrogen-bond donors (Lipinski definition) is 2. The van der Waals surface area contributed by atoms with E-state index in [1.54, 1.807) is 6.20 Å². The molecular weight excluding hydrogens is 282 g/mol. The number of rotatable bonds is 6. The lowest BCUT2D eigenvalue weighted by Gasteiger charge is -1.98. The predicted molar refractivity (Wildman–Crippen MR) is 70.3 cm³/mol. The number of hydrogen-bond acceptors (Lipinski definition) is 6. The van der Waals surface area contributed by atoms with Crippen molar-refractivity contribution in [3.05, 3.63) is 28.0 Å². The molecule has 2 aromatic heterocycles. The lowest BCUT2D eigenvalue weighted by atomic mass is 10.4. The van der Waals surface area contributed by atoms with Gasteiger partial charge in [-0.05, 0) is 6.42 Å². The highest BCUT2D eigenvalue weighted by Crippen LogP contribution is 2.12. The third-order valence-corrected chi connectivity index (χ3v) is 3.56. The Balaban J connectivity index is 1.91. The van der Waals surface area contributed by atoms with Crippen LogP contribution in [-0.2, 0) is 24.3 Å². The van der Waals surface area contributed by atoms with E-state index in [0.29, 0.717) is 6.54 Å². The minimum Gasteiger partial charge on any atom is -0.480 e. The average molecular weight is 295 g/mol. The first-order valence-electron chi connectivity index (χ1n) is 5.92. The normalized spacial score (nSPS) is 10.4. The Kier molecular flexibility index (Phi) is 4.41. The van der Waals surface area contributed by atoms with Gasteiger partial charge in [0.2, 0.25) is 0 Å². The molecule has 2 aromatic rings. The minimum atomic E-state index is -1.04. The fraction of sp³-hybridized carbons (Fsp3) is 0.364. The van der Waals surface area contributed by atoms with Crippen molar-refractivity contribution in [2.24, 2.45) is 0 Å². The first kappa shape index (κ1) is 14.1. The summed E-state index contributed by atoms with van der Waals surface area (Å²) in [6.07, 6.45) is 3.99. The van der Waals surface area contributed by atoms with Crippen molar-refractivity contribution in [1.82, 2.24) is 25.3 Å². The Hall–Kier alpha value is -2.29. The molecule has 0 atom stereocenters. The van der Waals surface area contributed by atoms with E-state index in [-0.39, 0.29) is 12.2 Å². The van der Waals surface area contributed by atoms with Gasteiger partial charge in [-0.1, -0.05) is 12.1 Å². The van der Waals surface area contributed by atoms with Crippen LogP contribution in [0.2, 0.25) is 0 Å². The highest BCUT2D eigenvalue weighted by Gasteiger charge is 2.12. The van der Waals surface area contributed by atoms with E-state index in [4.69, 9.17) is 5.11 Å². The molecule has 2 heterocycles. The van der Waals surface area contributed by atoms with E-state index in [9.17, 15) is 9.59 Å². The van der Waals surface area contributed by atoms with Crippen LogP contribution in [0, 0.1) is 0 Å². The number of aromatic nitrogens is 4. The van der Waals surface area contributed by atoms with Gasteiger partial charge in [-0.2, -0.15) is 0 Å². The van der Waals surface area contributed by atoms with Gasteiger partial charge < -0.3 is 10.4 Å². The Labute approximate surface area is 118 Å². The van der Waals surface area contributed by atoms with Gasteiger partial charge in [0.15, 0.2) is 5.69 Å². The number of thiazole rings is 1. The molecule has 2 rings (SSSR count). The molecule has 2 N–H and O–H groups in total. The average Bonchev–Trinajstić information content (AvgIpc) is 3.04. The highest BCUT2D eigenvalue weighted by atomic mass is 32.1. The molecule has 20 heavy (non-hydrogen) atoms. The van der Waals surface area contributed by atoms with Crippen LogP contribution in [0.1, 0.15) is 27.3 Å². The molecule has 0 bridgehead atoms. The Morgan fingerprint density at radius 3 is 2.95 bits per heavy atom. The number of nitrogens with one attached hydrogen (secondary N) is 1. The van der Waals surface area contributed by atoms with Gasteiger partial charge in [0, 0.05) is 11.1 Å². The summed E-state index contributed by atoms with van der Waals surface area (Å²) in [6, 6.07) is 0. The Bertz CT molecular complexity index is 621. The summed E-state index contributed by atoms with van der Waals surface area (Å²) in [5.41, 5.74) is 0.0820. The fourth-order valence-corrected chi connectivity index (χ4v) is 2.26. The molecule has 106 valence electrons. The smallest absolute Gasteiger partial charge is 0.325 e. The van der Waals surface area contributed by atoms with Crippen LogP contribution < -0.4 is 5.32 Å². The largest absolute Gasteiger partial charge is 0.480 e. The third-order valence-electron chi connectivity index (χ3n) is 2.42. The highest BCUT2D eigenvalue weighted by molar-refractivity contribution is 7.11. The number of carboxylic acids is 1. The number of carboxylic acid groups (broad SMARTS) is 1. The van der Waals surface area contributed by atoms with Crippen molar-refractivity contribution in [3.63, 3.8) is 0 Å². The number of aryl methyl sites for hydroxylation is 1. The van der Waals surface area contributed by atoms with Crippen LogP contribution in [0.3, 0.4) is 0 Å². The van der Waals surface area contributed by atoms with Gasteiger partial charge in [-0.15, -0.1) is 16.4 Å². The van der Waals surface area contributed by atoms with E-state index in [0.717, 1.165) is 21.0 Å². The molecule has 1 amide bonds. The summed E-state index contributed by atoms with van der Waals surface area (Å²) in [4.78, 5) is 27.6. The van der Waals surface area contributed by atoms with E-state index in [1.807, 2.05) is 6.92 Å². The van der Waals surface area contributed by atoms with Crippen LogP contribution in [0.4, 0.5) is 0 Å². The first-order chi connectivity index (χ1) is 9.58. The predicted octanol–water partition coefficient (Wildman–Crippen LogP) is 0.312. The SMILES string of the molecule is CCc1cnc(CNC(=O)c2cn(CC(=O)O)nn2)s1. The Morgan fingerprint density at radius 1 is 1.50 bits per heavy atom. The van der Waals surface area contributed by atoms with Gasteiger partial charge in [0.1, 0.15) is 11.6 Å². The minimum absolute atomic E-state index is 0.0820. The molecular formula is C11H13N5O3S. The molecule has 0 saturated heterocycles. The van der Waals surface area contributed by atoms with Crippen molar-refractivity contribution < 1.29 is 14.7 Å². The van der Waals surface area contributed by atoms with Gasteiger partial charge >= 0.3 is 5.97 Å². The number of carbonyl (C=O) groups excluding carboxylic acids is 1. The lowest BCUT2D eigenvalue weighted by Crippen LogP contribution is -2.23. The zero-order valence-electron chi connectivity index (χ0n) is 10.7. The summed E-state index contributed by atoms with van der Waals surface area (Å²) >= 11 is 1.54. The molecule has 0 unspecified atom stereocenters. The van der Waals surface area contributed by atoms with E-state index in [2.05, 4.69) is 20.6 Å². The maximum Gasteiger partial charge on any atom is 0.325 e. The first-order valence-corrected chi connectivity index (χ1v) is 6.74. The molecule has 0 aliphatic heterocycles. The summed E-state index contributed by atoms with van der Waals surface area (Å²) in [6.45, 7) is 2.03. The quantitative estimate of drug-likeness (QED) is 0.793. The van der Waals surface area contributed by atoms with Crippen LogP contribution in [0.25, 0.3) is 0 Å². The van der Waals surface area contributed by atoms with E-state index in [1.165, 1.54) is 17.5 Å². The summed E-state index contributed by atoms with van der Waals surface area (Å²) in [5.74, 6) is -1.45. The second kappa shape index (κ2) is 6.24. The number of nitrogens with zero attached hydrogens (tertiary/aromatic N) is 4. The molecule has 0 fully saturated rings. The number of amides is 1. The molecule has 0 aliphatic rings. The van der Waals surface area contributed by atoms with Crippen molar-refractivity contribution >= 4 is 23.2 Å². The van der Waals surface area contributed by atoms with Gasteiger partial charge in [0.25, 0.3) is 5.91 Å². The number of carbonyl (C=O) groups is 2. The van der Waals surface area contributed by atoms with Crippen molar-refractivity contribution in [2.45, 2.75) is 26.4 Å². The molecule has 0 radical (unpaired) electrons.